The molecule has 0 aromatic rings. The van der Waals surface area contributed by atoms with E-state index in [-0.39, 0.29) is 30.3 Å². The minimum atomic E-state index is -0.682. The fraction of sp³-hybridized carbons (Fsp3) is 0.333. The van der Waals surface area contributed by atoms with Gasteiger partial charge >= 0.3 is 0 Å². The first kappa shape index (κ1) is 12.2. The van der Waals surface area contributed by atoms with Gasteiger partial charge in [0, 0.05) is 6.42 Å². The number of ketones is 1. The standard InChI is InChI=1S/C12H11NO5/c14-6-18-7-1-3-10(15)9(5-7)8-2-4-11(16)13-12(8)17/h1,3,5-6,8-9H,2,4H2,(H,13,16,17). The maximum absolute atomic E-state index is 11.7. The van der Waals surface area contributed by atoms with Crippen LogP contribution in [-0.4, -0.2) is 24.1 Å². The molecule has 0 saturated carbocycles. The fourth-order valence-electron chi connectivity index (χ4n) is 2.09. The number of rotatable bonds is 3. The lowest BCUT2D eigenvalue weighted by atomic mass is 9.80. The van der Waals surface area contributed by atoms with E-state index < -0.39 is 17.7 Å². The van der Waals surface area contributed by atoms with Crippen LogP contribution in [0.2, 0.25) is 0 Å². The molecule has 1 aliphatic carbocycles. The molecule has 2 unspecified atom stereocenters. The molecule has 2 aliphatic rings. The minimum absolute atomic E-state index is 0.210. The van der Waals surface area contributed by atoms with Crippen molar-refractivity contribution in [1.82, 2.24) is 5.32 Å². The number of allylic oxidation sites excluding steroid dienone is 3. The Bertz CT molecular complexity index is 477. The van der Waals surface area contributed by atoms with Gasteiger partial charge < -0.3 is 4.74 Å². The third kappa shape index (κ3) is 2.37. The van der Waals surface area contributed by atoms with Crippen LogP contribution in [-0.2, 0) is 23.9 Å². The van der Waals surface area contributed by atoms with Crippen molar-refractivity contribution in [2.75, 3.05) is 0 Å². The second-order valence-electron chi connectivity index (χ2n) is 4.10. The van der Waals surface area contributed by atoms with E-state index in [0.29, 0.717) is 6.42 Å². The van der Waals surface area contributed by atoms with Crippen LogP contribution in [0.1, 0.15) is 12.8 Å². The average Bonchev–Trinajstić information content (AvgIpc) is 2.33. The van der Waals surface area contributed by atoms with Crippen LogP contribution in [0.5, 0.6) is 0 Å². The second-order valence-corrected chi connectivity index (χ2v) is 4.10. The summed E-state index contributed by atoms with van der Waals surface area (Å²) in [4.78, 5) is 44.7. The second kappa shape index (κ2) is 4.95. The molecule has 1 saturated heterocycles. The van der Waals surface area contributed by atoms with Crippen molar-refractivity contribution in [2.24, 2.45) is 11.8 Å². The van der Waals surface area contributed by atoms with Gasteiger partial charge in [0.1, 0.15) is 5.76 Å². The highest BCUT2D eigenvalue weighted by molar-refractivity contribution is 6.03. The lowest BCUT2D eigenvalue weighted by molar-refractivity contribution is -0.139. The van der Waals surface area contributed by atoms with Crippen molar-refractivity contribution < 1.29 is 23.9 Å². The number of carbonyl (C=O) groups is 4. The number of carbonyl (C=O) groups excluding carboxylic acids is 4. The molecular weight excluding hydrogens is 238 g/mol. The van der Waals surface area contributed by atoms with Gasteiger partial charge in [-0.25, -0.2) is 0 Å². The Morgan fingerprint density at radius 3 is 2.72 bits per heavy atom. The summed E-state index contributed by atoms with van der Waals surface area (Å²) in [6, 6.07) is 0. The average molecular weight is 249 g/mol. The molecular formula is C12H11NO5. The number of hydrogen-bond acceptors (Lipinski definition) is 5. The van der Waals surface area contributed by atoms with E-state index >= 15 is 0 Å². The zero-order valence-electron chi connectivity index (χ0n) is 9.42. The van der Waals surface area contributed by atoms with Gasteiger partial charge in [0.15, 0.2) is 5.78 Å². The van der Waals surface area contributed by atoms with Crippen LogP contribution in [0, 0.1) is 11.8 Å². The zero-order valence-corrected chi connectivity index (χ0v) is 9.42. The first-order valence-electron chi connectivity index (χ1n) is 5.49. The number of hydrogen-bond donors (Lipinski definition) is 1. The van der Waals surface area contributed by atoms with E-state index in [2.05, 4.69) is 10.1 Å². The quantitative estimate of drug-likeness (QED) is 0.555. The number of piperidine rings is 1. The number of amides is 2. The minimum Gasteiger partial charge on any atom is -0.429 e. The summed E-state index contributed by atoms with van der Waals surface area (Å²) in [5, 5.41) is 2.20. The highest BCUT2D eigenvalue weighted by Gasteiger charge is 2.36. The summed E-state index contributed by atoms with van der Waals surface area (Å²) in [5.41, 5.74) is 0. The van der Waals surface area contributed by atoms with Gasteiger partial charge in [0.2, 0.25) is 11.8 Å². The molecule has 2 atom stereocenters. The van der Waals surface area contributed by atoms with Crippen LogP contribution < -0.4 is 5.32 Å². The molecule has 0 aromatic carbocycles. The molecule has 6 heteroatoms. The Kier molecular flexibility index (Phi) is 3.36. The molecule has 1 fully saturated rings. The summed E-state index contributed by atoms with van der Waals surface area (Å²) in [6.07, 6.45) is 4.62. The van der Waals surface area contributed by atoms with Gasteiger partial charge in [0.25, 0.3) is 6.47 Å². The SMILES string of the molecule is O=COC1=CC(C2CCC(=O)NC2=O)C(=O)C=C1. The molecule has 18 heavy (non-hydrogen) atoms. The topological polar surface area (TPSA) is 89.5 Å². The van der Waals surface area contributed by atoms with Crippen molar-refractivity contribution in [3.63, 3.8) is 0 Å². The van der Waals surface area contributed by atoms with E-state index in [0.717, 1.165) is 0 Å². The van der Waals surface area contributed by atoms with E-state index in [9.17, 15) is 19.2 Å². The normalized spacial score (nSPS) is 27.6. The van der Waals surface area contributed by atoms with Crippen LogP contribution in [0.15, 0.2) is 24.0 Å². The summed E-state index contributed by atoms with van der Waals surface area (Å²) < 4.78 is 4.65. The van der Waals surface area contributed by atoms with Crippen molar-refractivity contribution in [3.05, 3.63) is 24.0 Å². The maximum Gasteiger partial charge on any atom is 0.298 e. The highest BCUT2D eigenvalue weighted by Crippen LogP contribution is 2.27. The van der Waals surface area contributed by atoms with Crippen LogP contribution in [0.3, 0.4) is 0 Å². The third-order valence-corrected chi connectivity index (χ3v) is 2.98. The van der Waals surface area contributed by atoms with Gasteiger partial charge in [0.05, 0.1) is 11.8 Å². The molecule has 1 aliphatic heterocycles. The molecule has 94 valence electrons. The molecule has 2 amide bonds. The first-order chi connectivity index (χ1) is 8.61. The smallest absolute Gasteiger partial charge is 0.298 e. The predicted molar refractivity (Wildman–Crippen MR) is 58.7 cm³/mol. The maximum atomic E-state index is 11.7. The van der Waals surface area contributed by atoms with Crippen molar-refractivity contribution >= 4 is 24.1 Å². The van der Waals surface area contributed by atoms with Gasteiger partial charge in [-0.1, -0.05) is 0 Å². The summed E-state index contributed by atoms with van der Waals surface area (Å²) in [6.45, 7) is 0.257. The lowest BCUT2D eigenvalue weighted by Gasteiger charge is -2.26. The molecule has 2 rings (SSSR count). The van der Waals surface area contributed by atoms with Gasteiger partial charge in [-0.3, -0.25) is 24.5 Å². The molecule has 1 N–H and O–H groups in total. The number of nitrogens with one attached hydrogen (secondary N) is 1. The lowest BCUT2D eigenvalue weighted by Crippen LogP contribution is -2.45. The number of imide groups is 1. The third-order valence-electron chi connectivity index (χ3n) is 2.98. The molecule has 0 spiro atoms. The van der Waals surface area contributed by atoms with Crippen molar-refractivity contribution in [1.29, 1.82) is 0 Å². The van der Waals surface area contributed by atoms with E-state index in [1.807, 2.05) is 0 Å². The fourth-order valence-corrected chi connectivity index (χ4v) is 2.09. The summed E-state index contributed by atoms with van der Waals surface area (Å²) in [7, 11) is 0. The highest BCUT2D eigenvalue weighted by atomic mass is 16.5. The Morgan fingerprint density at radius 2 is 2.06 bits per heavy atom. The van der Waals surface area contributed by atoms with Gasteiger partial charge in [-0.2, -0.15) is 0 Å². The zero-order chi connectivity index (χ0) is 13.1. The summed E-state index contributed by atoms with van der Waals surface area (Å²) in [5.74, 6) is -2.06. The number of ether oxygens (including phenoxy) is 1. The molecule has 1 heterocycles. The van der Waals surface area contributed by atoms with Gasteiger partial charge in [-0.15, -0.1) is 0 Å². The van der Waals surface area contributed by atoms with Crippen LogP contribution in [0.25, 0.3) is 0 Å². The molecule has 0 radical (unpaired) electrons. The molecule has 0 aromatic heterocycles. The largest absolute Gasteiger partial charge is 0.429 e. The van der Waals surface area contributed by atoms with E-state index in [1.54, 1.807) is 0 Å². The molecule has 0 bridgehead atoms. The van der Waals surface area contributed by atoms with Crippen molar-refractivity contribution in [2.45, 2.75) is 12.8 Å². The Hall–Kier alpha value is -2.24. The Balaban J connectivity index is 2.18. The van der Waals surface area contributed by atoms with Crippen LogP contribution >= 0.6 is 0 Å². The monoisotopic (exact) mass is 249 g/mol. The Labute approximate surface area is 103 Å². The van der Waals surface area contributed by atoms with Gasteiger partial charge in [-0.05, 0) is 24.6 Å². The summed E-state index contributed by atoms with van der Waals surface area (Å²) >= 11 is 0. The van der Waals surface area contributed by atoms with Crippen LogP contribution in [0.4, 0.5) is 0 Å². The van der Waals surface area contributed by atoms with E-state index in [4.69, 9.17) is 0 Å². The Morgan fingerprint density at radius 1 is 1.28 bits per heavy atom. The van der Waals surface area contributed by atoms with E-state index in [1.165, 1.54) is 18.2 Å². The first-order valence-corrected chi connectivity index (χ1v) is 5.49. The predicted octanol–water partition coefficient (Wildman–Crippen LogP) is -0.149. The molecule has 6 nitrogen and oxygen atoms in total. The van der Waals surface area contributed by atoms with Crippen molar-refractivity contribution in [3.8, 4) is 0 Å².